The van der Waals surface area contributed by atoms with Gasteiger partial charge in [-0.15, -0.1) is 5.10 Å². The highest BCUT2D eigenvalue weighted by Gasteiger charge is 2.37. The van der Waals surface area contributed by atoms with Crippen molar-refractivity contribution in [2.75, 3.05) is 18.0 Å². The summed E-state index contributed by atoms with van der Waals surface area (Å²) in [6, 6.07) is 21.0. The second-order valence-corrected chi connectivity index (χ2v) is 7.64. The molecule has 4 heteroatoms. The summed E-state index contributed by atoms with van der Waals surface area (Å²) < 4.78 is 6.51. The Labute approximate surface area is 165 Å². The number of aryl methyl sites for hydroxylation is 1. The average molecular weight is 369 g/mol. The van der Waals surface area contributed by atoms with Crippen molar-refractivity contribution >= 4 is 11.9 Å². The zero-order valence-corrected chi connectivity index (χ0v) is 16.0. The number of anilines is 1. The fourth-order valence-corrected chi connectivity index (χ4v) is 4.02. The van der Waals surface area contributed by atoms with Gasteiger partial charge in [0.15, 0.2) is 5.82 Å². The smallest absolute Gasteiger partial charge is 0.151 e. The minimum Gasteiger partial charge on any atom is -0.482 e. The van der Waals surface area contributed by atoms with Crippen molar-refractivity contribution in [3.8, 4) is 16.9 Å². The lowest BCUT2D eigenvalue weighted by Gasteiger charge is -2.42. The lowest BCUT2D eigenvalue weighted by atomic mass is 9.87. The highest BCUT2D eigenvalue weighted by molar-refractivity contribution is 5.71. The summed E-state index contributed by atoms with van der Waals surface area (Å²) in [5.41, 5.74) is 4.33. The normalized spacial score (nSPS) is 17.2. The van der Waals surface area contributed by atoms with Crippen LogP contribution in [0.4, 0.5) is 5.82 Å². The van der Waals surface area contributed by atoms with Gasteiger partial charge in [-0.3, -0.25) is 0 Å². The lowest BCUT2D eigenvalue weighted by Crippen LogP contribution is -2.48. The molecular formula is C24H23N3O. The molecular weight excluding hydrogens is 346 g/mol. The molecule has 2 aromatic carbocycles. The van der Waals surface area contributed by atoms with Gasteiger partial charge in [0.05, 0.1) is 5.69 Å². The molecule has 28 heavy (non-hydrogen) atoms. The molecule has 1 spiro atoms. The maximum Gasteiger partial charge on any atom is 0.151 e. The second kappa shape index (κ2) is 6.79. The Morgan fingerprint density at radius 3 is 2.46 bits per heavy atom. The molecule has 0 saturated carbocycles. The number of benzene rings is 2. The maximum atomic E-state index is 6.51. The highest BCUT2D eigenvalue weighted by Crippen LogP contribution is 2.39. The first kappa shape index (κ1) is 17.0. The Morgan fingerprint density at radius 1 is 0.893 bits per heavy atom. The molecule has 0 aliphatic carbocycles. The van der Waals surface area contributed by atoms with Crippen LogP contribution < -0.4 is 9.64 Å². The van der Waals surface area contributed by atoms with Gasteiger partial charge in [-0.2, -0.15) is 5.10 Å². The number of ether oxygens (including phenoxy) is 1. The summed E-state index contributed by atoms with van der Waals surface area (Å²) >= 11 is 0. The van der Waals surface area contributed by atoms with Crippen LogP contribution in [0.3, 0.4) is 0 Å². The molecule has 3 heterocycles. The third-order valence-corrected chi connectivity index (χ3v) is 5.71. The molecule has 0 atom stereocenters. The van der Waals surface area contributed by atoms with E-state index in [1.54, 1.807) is 0 Å². The SMILES string of the molecule is Cc1ccc(N2CCC3(C=Cc4cc(-c5ccccc5)ccc4O3)CC2)nn1. The summed E-state index contributed by atoms with van der Waals surface area (Å²) in [4.78, 5) is 2.29. The first-order chi connectivity index (χ1) is 13.7. The minimum absolute atomic E-state index is 0.212. The molecule has 0 N–H and O–H groups in total. The third-order valence-electron chi connectivity index (χ3n) is 5.71. The molecule has 3 aromatic rings. The van der Waals surface area contributed by atoms with E-state index >= 15 is 0 Å². The fraction of sp³-hybridized carbons (Fsp3) is 0.250. The van der Waals surface area contributed by atoms with Gasteiger partial charge >= 0.3 is 0 Å². The monoisotopic (exact) mass is 369 g/mol. The van der Waals surface area contributed by atoms with Crippen molar-refractivity contribution in [3.05, 3.63) is 78.0 Å². The van der Waals surface area contributed by atoms with Gasteiger partial charge in [0.25, 0.3) is 0 Å². The van der Waals surface area contributed by atoms with E-state index in [-0.39, 0.29) is 5.60 Å². The van der Waals surface area contributed by atoms with Crippen LogP contribution in [-0.2, 0) is 0 Å². The molecule has 1 saturated heterocycles. The Bertz CT molecular complexity index is 1000. The van der Waals surface area contributed by atoms with Crippen molar-refractivity contribution in [2.45, 2.75) is 25.4 Å². The third kappa shape index (κ3) is 3.15. The van der Waals surface area contributed by atoms with Gasteiger partial charge in [0.1, 0.15) is 11.4 Å². The molecule has 140 valence electrons. The summed E-state index contributed by atoms with van der Waals surface area (Å²) in [5, 5.41) is 8.51. The first-order valence-electron chi connectivity index (χ1n) is 9.84. The van der Waals surface area contributed by atoms with E-state index in [9.17, 15) is 0 Å². The number of aromatic nitrogens is 2. The van der Waals surface area contributed by atoms with Crippen LogP contribution in [0.1, 0.15) is 24.1 Å². The summed E-state index contributed by atoms with van der Waals surface area (Å²) in [6.45, 7) is 3.79. The number of piperidine rings is 1. The van der Waals surface area contributed by atoms with Gasteiger partial charge in [0, 0.05) is 31.5 Å². The summed E-state index contributed by atoms with van der Waals surface area (Å²) in [7, 11) is 0. The highest BCUT2D eigenvalue weighted by atomic mass is 16.5. The second-order valence-electron chi connectivity index (χ2n) is 7.64. The Kier molecular flexibility index (Phi) is 4.12. The fourth-order valence-electron chi connectivity index (χ4n) is 4.02. The quantitative estimate of drug-likeness (QED) is 0.644. The van der Waals surface area contributed by atoms with Gasteiger partial charge < -0.3 is 9.64 Å². The molecule has 2 aliphatic rings. The molecule has 0 radical (unpaired) electrons. The van der Waals surface area contributed by atoms with Gasteiger partial charge in [-0.1, -0.05) is 42.5 Å². The Balaban J connectivity index is 1.33. The van der Waals surface area contributed by atoms with Crippen molar-refractivity contribution in [3.63, 3.8) is 0 Å². The van der Waals surface area contributed by atoms with Crippen LogP contribution in [0.2, 0.25) is 0 Å². The average Bonchev–Trinajstić information content (AvgIpc) is 2.75. The number of rotatable bonds is 2. The van der Waals surface area contributed by atoms with Crippen molar-refractivity contribution in [1.82, 2.24) is 10.2 Å². The molecule has 1 aromatic heterocycles. The van der Waals surface area contributed by atoms with Crippen LogP contribution in [0, 0.1) is 6.92 Å². The molecule has 0 amide bonds. The summed E-state index contributed by atoms with van der Waals surface area (Å²) in [6.07, 6.45) is 6.37. The van der Waals surface area contributed by atoms with Gasteiger partial charge in [-0.05, 0) is 48.4 Å². The lowest BCUT2D eigenvalue weighted by molar-refractivity contribution is 0.0891. The number of fused-ring (bicyclic) bond motifs is 1. The van der Waals surface area contributed by atoms with Crippen molar-refractivity contribution in [2.24, 2.45) is 0 Å². The van der Waals surface area contributed by atoms with E-state index in [1.807, 2.05) is 19.1 Å². The van der Waals surface area contributed by atoms with E-state index in [1.165, 1.54) is 11.1 Å². The molecule has 0 unspecified atom stereocenters. The predicted octanol–water partition coefficient (Wildman–Crippen LogP) is 4.90. The molecule has 4 nitrogen and oxygen atoms in total. The zero-order chi connectivity index (χ0) is 19.0. The molecule has 2 aliphatic heterocycles. The van der Waals surface area contributed by atoms with E-state index in [2.05, 4.69) is 75.8 Å². The van der Waals surface area contributed by atoms with Crippen molar-refractivity contribution in [1.29, 1.82) is 0 Å². The van der Waals surface area contributed by atoms with Crippen LogP contribution >= 0.6 is 0 Å². The number of hydrogen-bond donors (Lipinski definition) is 0. The van der Waals surface area contributed by atoms with E-state index < -0.39 is 0 Å². The number of hydrogen-bond acceptors (Lipinski definition) is 4. The van der Waals surface area contributed by atoms with Crippen molar-refractivity contribution < 1.29 is 4.74 Å². The van der Waals surface area contributed by atoms with Gasteiger partial charge in [-0.25, -0.2) is 0 Å². The molecule has 1 fully saturated rings. The van der Waals surface area contributed by atoms with E-state index in [4.69, 9.17) is 4.74 Å². The topological polar surface area (TPSA) is 38.2 Å². The largest absolute Gasteiger partial charge is 0.482 e. The summed E-state index contributed by atoms with van der Waals surface area (Å²) in [5.74, 6) is 1.93. The Morgan fingerprint density at radius 2 is 1.71 bits per heavy atom. The predicted molar refractivity (Wildman–Crippen MR) is 112 cm³/mol. The van der Waals surface area contributed by atoms with Crippen LogP contribution in [0.25, 0.3) is 17.2 Å². The van der Waals surface area contributed by atoms with Gasteiger partial charge in [0.2, 0.25) is 0 Å². The minimum atomic E-state index is -0.212. The van der Waals surface area contributed by atoms with E-state index in [0.717, 1.165) is 48.8 Å². The van der Waals surface area contributed by atoms with Crippen LogP contribution in [0.15, 0.2) is 66.7 Å². The standard InChI is InChI=1S/C24H23N3O/c1-18-7-10-23(26-25-18)27-15-13-24(14-16-27)12-11-21-17-20(8-9-22(21)28-24)19-5-3-2-4-6-19/h2-12,17H,13-16H2,1H3. The number of nitrogens with zero attached hydrogens (tertiary/aromatic N) is 3. The maximum absolute atomic E-state index is 6.51. The van der Waals surface area contributed by atoms with Crippen LogP contribution in [0.5, 0.6) is 5.75 Å². The zero-order valence-electron chi connectivity index (χ0n) is 16.0. The Hall–Kier alpha value is -3.14. The van der Waals surface area contributed by atoms with E-state index in [0.29, 0.717) is 0 Å². The first-order valence-corrected chi connectivity index (χ1v) is 9.84. The van der Waals surface area contributed by atoms with Crippen LogP contribution in [-0.4, -0.2) is 28.9 Å². The molecule has 5 rings (SSSR count). The molecule has 0 bridgehead atoms.